The maximum Gasteiger partial charge on any atom is 0.350 e. The molecule has 0 amide bonds. The van der Waals surface area contributed by atoms with Crippen LogP contribution >= 0.6 is 31.9 Å². The maximum absolute atomic E-state index is 12.1. The van der Waals surface area contributed by atoms with Gasteiger partial charge in [0.25, 0.3) is 0 Å². The van der Waals surface area contributed by atoms with E-state index in [1.807, 2.05) is 0 Å². The van der Waals surface area contributed by atoms with Crippen molar-refractivity contribution in [3.8, 4) is 5.75 Å². The molecule has 0 bridgehead atoms. The molecule has 19 heavy (non-hydrogen) atoms. The number of alkyl halides is 1. The average Bonchev–Trinajstić information content (AvgIpc) is 2.35. The molecule has 0 radical (unpaired) electrons. The molecule has 1 N–H and O–H groups in total. The summed E-state index contributed by atoms with van der Waals surface area (Å²) in [5.74, 6) is -0.540. The lowest BCUT2D eigenvalue weighted by Gasteiger charge is -2.10. The Morgan fingerprint density at radius 1 is 1.42 bits per heavy atom. The van der Waals surface area contributed by atoms with Crippen LogP contribution in [-0.2, 0) is 0 Å². The molecule has 1 atom stereocenters. The zero-order valence-electron chi connectivity index (χ0n) is 10.2. The summed E-state index contributed by atoms with van der Waals surface area (Å²) in [6, 6.07) is 3.04. The summed E-state index contributed by atoms with van der Waals surface area (Å²) in [7, 11) is 0. The number of halogens is 2. The SMILES string of the molecule is Cc1c(Br)c(=O)oc2c(C(=O)[C@H](C)Br)c(O)ccc12. The summed E-state index contributed by atoms with van der Waals surface area (Å²) in [6.45, 7) is 3.39. The van der Waals surface area contributed by atoms with Crippen molar-refractivity contribution in [1.29, 1.82) is 0 Å². The van der Waals surface area contributed by atoms with E-state index in [1.54, 1.807) is 19.9 Å². The highest BCUT2D eigenvalue weighted by atomic mass is 79.9. The van der Waals surface area contributed by atoms with Gasteiger partial charge in [-0.3, -0.25) is 4.79 Å². The van der Waals surface area contributed by atoms with Crippen LogP contribution in [0.4, 0.5) is 0 Å². The molecule has 6 heteroatoms. The molecule has 1 aromatic heterocycles. The van der Waals surface area contributed by atoms with Crippen molar-refractivity contribution in [3.63, 3.8) is 0 Å². The van der Waals surface area contributed by atoms with Crippen molar-refractivity contribution < 1.29 is 14.3 Å². The van der Waals surface area contributed by atoms with Gasteiger partial charge in [-0.25, -0.2) is 4.79 Å². The standard InChI is InChI=1S/C13H10Br2O4/c1-5-7-3-4-8(16)9(11(17)6(2)14)12(7)19-13(18)10(5)15/h3-4,6,16H,1-2H3/t6-/m0/s1. The van der Waals surface area contributed by atoms with E-state index >= 15 is 0 Å². The van der Waals surface area contributed by atoms with Gasteiger partial charge < -0.3 is 9.52 Å². The van der Waals surface area contributed by atoms with E-state index in [0.29, 0.717) is 15.4 Å². The molecule has 1 heterocycles. The lowest BCUT2D eigenvalue weighted by molar-refractivity contribution is 0.0994. The summed E-state index contributed by atoms with van der Waals surface area (Å²) in [4.78, 5) is 23.3. The minimum absolute atomic E-state index is 0.0228. The van der Waals surface area contributed by atoms with Gasteiger partial charge in [0.05, 0.1) is 4.83 Å². The lowest BCUT2D eigenvalue weighted by atomic mass is 10.0. The molecule has 0 unspecified atom stereocenters. The highest BCUT2D eigenvalue weighted by Gasteiger charge is 2.23. The molecular weight excluding hydrogens is 380 g/mol. The number of fused-ring (bicyclic) bond motifs is 1. The smallest absolute Gasteiger partial charge is 0.350 e. The van der Waals surface area contributed by atoms with Crippen LogP contribution in [0.2, 0.25) is 0 Å². The first kappa shape index (κ1) is 14.3. The van der Waals surface area contributed by atoms with Crippen LogP contribution in [0.3, 0.4) is 0 Å². The number of aromatic hydroxyl groups is 1. The molecule has 2 aromatic rings. The maximum atomic E-state index is 12.1. The number of hydrogen-bond donors (Lipinski definition) is 1. The van der Waals surface area contributed by atoms with Crippen LogP contribution in [0.1, 0.15) is 22.8 Å². The zero-order valence-corrected chi connectivity index (χ0v) is 13.3. The second-order valence-corrected chi connectivity index (χ2v) is 6.31. The number of phenolic OH excluding ortho intramolecular Hbond substituents is 1. The fraction of sp³-hybridized carbons (Fsp3) is 0.231. The van der Waals surface area contributed by atoms with Crippen molar-refractivity contribution in [2.75, 3.05) is 0 Å². The summed E-state index contributed by atoms with van der Waals surface area (Å²) < 4.78 is 5.47. The molecule has 0 aliphatic heterocycles. The van der Waals surface area contributed by atoms with E-state index in [0.717, 1.165) is 0 Å². The van der Waals surface area contributed by atoms with Gasteiger partial charge in [0.2, 0.25) is 0 Å². The molecule has 0 spiro atoms. The van der Waals surface area contributed by atoms with Crippen molar-refractivity contribution in [2.24, 2.45) is 0 Å². The third-order valence-electron chi connectivity index (χ3n) is 2.85. The number of rotatable bonds is 2. The van der Waals surface area contributed by atoms with Crippen LogP contribution in [0.15, 0.2) is 25.8 Å². The number of phenols is 1. The van der Waals surface area contributed by atoms with Crippen LogP contribution < -0.4 is 5.63 Å². The van der Waals surface area contributed by atoms with Gasteiger partial charge in [-0.1, -0.05) is 15.9 Å². The minimum atomic E-state index is -0.577. The Balaban J connectivity index is 2.95. The molecule has 100 valence electrons. The Hall–Kier alpha value is -1.14. The van der Waals surface area contributed by atoms with E-state index < -0.39 is 10.5 Å². The van der Waals surface area contributed by atoms with Gasteiger partial charge >= 0.3 is 5.63 Å². The predicted octanol–water partition coefficient (Wildman–Crippen LogP) is 3.54. The average molecular weight is 390 g/mol. The van der Waals surface area contributed by atoms with E-state index in [2.05, 4.69) is 31.9 Å². The molecule has 0 saturated carbocycles. The molecule has 0 aliphatic carbocycles. The van der Waals surface area contributed by atoms with Crippen molar-refractivity contribution in [1.82, 2.24) is 0 Å². The number of carbonyl (C=O) groups is 1. The summed E-state index contributed by atoms with van der Waals surface area (Å²) in [6.07, 6.45) is 0. The number of carbonyl (C=O) groups excluding carboxylic acids is 1. The Labute approximate surface area is 125 Å². The topological polar surface area (TPSA) is 67.5 Å². The van der Waals surface area contributed by atoms with Crippen LogP contribution in [0, 0.1) is 6.92 Å². The first-order valence-electron chi connectivity index (χ1n) is 5.47. The number of hydrogen-bond acceptors (Lipinski definition) is 4. The third-order valence-corrected chi connectivity index (χ3v) is 4.18. The van der Waals surface area contributed by atoms with E-state index in [1.165, 1.54) is 6.07 Å². The lowest BCUT2D eigenvalue weighted by Crippen LogP contribution is -2.12. The van der Waals surface area contributed by atoms with Gasteiger partial charge in [-0.05, 0) is 47.5 Å². The summed E-state index contributed by atoms with van der Waals surface area (Å²) >= 11 is 6.30. The van der Waals surface area contributed by atoms with Gasteiger partial charge in [-0.15, -0.1) is 0 Å². The molecule has 1 aromatic carbocycles. The van der Waals surface area contributed by atoms with E-state index in [4.69, 9.17) is 4.42 Å². The molecule has 0 fully saturated rings. The second kappa shape index (κ2) is 5.09. The fourth-order valence-electron chi connectivity index (χ4n) is 1.82. The van der Waals surface area contributed by atoms with Gasteiger partial charge in [-0.2, -0.15) is 0 Å². The van der Waals surface area contributed by atoms with Crippen LogP contribution in [0.25, 0.3) is 11.0 Å². The first-order valence-corrected chi connectivity index (χ1v) is 7.18. The van der Waals surface area contributed by atoms with E-state index in [9.17, 15) is 14.7 Å². The molecule has 0 aliphatic rings. The minimum Gasteiger partial charge on any atom is -0.507 e. The number of aryl methyl sites for hydroxylation is 1. The van der Waals surface area contributed by atoms with Gasteiger partial charge in [0.15, 0.2) is 11.4 Å². The Morgan fingerprint density at radius 2 is 2.05 bits per heavy atom. The second-order valence-electron chi connectivity index (χ2n) is 4.15. The fourth-order valence-corrected chi connectivity index (χ4v) is 2.34. The largest absolute Gasteiger partial charge is 0.507 e. The molecule has 4 nitrogen and oxygen atoms in total. The predicted molar refractivity (Wildman–Crippen MR) is 79.3 cm³/mol. The molecular formula is C13H10Br2O4. The van der Waals surface area contributed by atoms with Crippen LogP contribution in [0.5, 0.6) is 5.75 Å². The molecule has 2 rings (SSSR count). The summed E-state index contributed by atoms with van der Waals surface area (Å²) in [5.41, 5.74) is 0.228. The van der Waals surface area contributed by atoms with Crippen LogP contribution in [-0.4, -0.2) is 15.7 Å². The number of Topliss-reactive ketones (excluding diaryl/α,β-unsaturated/α-hetero) is 1. The van der Waals surface area contributed by atoms with Gasteiger partial charge in [0, 0.05) is 5.39 Å². The highest BCUT2D eigenvalue weighted by molar-refractivity contribution is 9.10. The Morgan fingerprint density at radius 3 is 2.63 bits per heavy atom. The number of ketones is 1. The quantitative estimate of drug-likeness (QED) is 0.484. The van der Waals surface area contributed by atoms with Crippen molar-refractivity contribution in [3.05, 3.63) is 38.2 Å². The monoisotopic (exact) mass is 388 g/mol. The first-order chi connectivity index (χ1) is 8.84. The Bertz CT molecular complexity index is 731. The van der Waals surface area contributed by atoms with Gasteiger partial charge in [0.1, 0.15) is 15.8 Å². The molecule has 0 saturated heterocycles. The zero-order chi connectivity index (χ0) is 14.3. The number of benzene rings is 1. The highest BCUT2D eigenvalue weighted by Crippen LogP contribution is 2.32. The summed E-state index contributed by atoms with van der Waals surface area (Å²) in [5, 5.41) is 10.5. The van der Waals surface area contributed by atoms with Crippen molar-refractivity contribution in [2.45, 2.75) is 18.7 Å². The normalized spacial score (nSPS) is 12.6. The van der Waals surface area contributed by atoms with Crippen molar-refractivity contribution >= 4 is 48.6 Å². The van der Waals surface area contributed by atoms with E-state index in [-0.39, 0.29) is 22.7 Å². The Kier molecular flexibility index (Phi) is 3.82. The third kappa shape index (κ3) is 2.34.